The first kappa shape index (κ1) is 25.0. The fourth-order valence-electron chi connectivity index (χ4n) is 2.95. The smallest absolute Gasteiger partial charge is 0.243 e. The van der Waals surface area contributed by atoms with Crippen molar-refractivity contribution in [3.05, 3.63) is 53.1 Å². The molecular formula is C21H29N3O5S2. The van der Waals surface area contributed by atoms with Crippen molar-refractivity contribution in [2.75, 3.05) is 32.5 Å². The summed E-state index contributed by atoms with van der Waals surface area (Å²) < 4.78 is 53.2. The quantitative estimate of drug-likeness (QED) is 0.642. The van der Waals surface area contributed by atoms with Crippen molar-refractivity contribution < 1.29 is 21.6 Å². The monoisotopic (exact) mass is 467 g/mol. The highest BCUT2D eigenvalue weighted by atomic mass is 32.2. The molecular weight excluding hydrogens is 438 g/mol. The first-order valence-electron chi connectivity index (χ1n) is 9.71. The van der Waals surface area contributed by atoms with Gasteiger partial charge in [-0.2, -0.15) is 4.31 Å². The van der Waals surface area contributed by atoms with Crippen LogP contribution in [0.25, 0.3) is 0 Å². The van der Waals surface area contributed by atoms with Crippen molar-refractivity contribution in [2.45, 2.75) is 37.5 Å². The van der Waals surface area contributed by atoms with Gasteiger partial charge in [0, 0.05) is 26.3 Å². The van der Waals surface area contributed by atoms with Gasteiger partial charge in [0.25, 0.3) is 0 Å². The van der Waals surface area contributed by atoms with E-state index in [4.69, 9.17) is 0 Å². The van der Waals surface area contributed by atoms with Crippen molar-refractivity contribution in [3.63, 3.8) is 0 Å². The third kappa shape index (κ3) is 5.51. The summed E-state index contributed by atoms with van der Waals surface area (Å²) in [6, 6.07) is 9.58. The summed E-state index contributed by atoms with van der Waals surface area (Å²) in [5.74, 6) is -0.557. The Kier molecular flexibility index (Phi) is 7.64. The number of nitrogens with one attached hydrogen (secondary N) is 1. The number of sulfonamides is 2. The predicted molar refractivity (Wildman–Crippen MR) is 121 cm³/mol. The second-order valence-electron chi connectivity index (χ2n) is 7.51. The molecule has 0 unspecified atom stereocenters. The average molecular weight is 468 g/mol. The summed E-state index contributed by atoms with van der Waals surface area (Å²) in [6.45, 7) is 6.62. The molecule has 0 atom stereocenters. The molecule has 1 N–H and O–H groups in total. The van der Waals surface area contributed by atoms with Crippen molar-refractivity contribution in [1.82, 2.24) is 8.61 Å². The highest BCUT2D eigenvalue weighted by Gasteiger charge is 2.27. The number of aryl methyl sites for hydroxylation is 3. The van der Waals surface area contributed by atoms with Crippen LogP contribution in [0, 0.1) is 20.8 Å². The Labute approximate surface area is 185 Å². The second-order valence-corrected chi connectivity index (χ2v) is 11.6. The molecule has 0 bridgehead atoms. The molecule has 2 rings (SSSR count). The minimum absolute atomic E-state index is 0.0359. The van der Waals surface area contributed by atoms with E-state index in [-0.39, 0.29) is 16.3 Å². The van der Waals surface area contributed by atoms with Gasteiger partial charge in [0.2, 0.25) is 26.0 Å². The average Bonchev–Trinajstić information content (AvgIpc) is 2.69. The van der Waals surface area contributed by atoms with Crippen LogP contribution in [-0.4, -0.2) is 58.5 Å². The minimum atomic E-state index is -3.87. The van der Waals surface area contributed by atoms with Gasteiger partial charge in [-0.3, -0.25) is 4.79 Å². The van der Waals surface area contributed by atoms with Crippen LogP contribution in [0.1, 0.15) is 23.6 Å². The second kappa shape index (κ2) is 9.47. The van der Waals surface area contributed by atoms with Crippen LogP contribution in [0.4, 0.5) is 5.69 Å². The van der Waals surface area contributed by atoms with E-state index >= 15 is 0 Å². The minimum Gasteiger partial charge on any atom is -0.325 e. The summed E-state index contributed by atoms with van der Waals surface area (Å²) in [5, 5.41) is 2.65. The normalized spacial score (nSPS) is 12.4. The van der Waals surface area contributed by atoms with Crippen LogP contribution in [0.5, 0.6) is 0 Å². The number of hydrogen-bond acceptors (Lipinski definition) is 5. The number of hydrogen-bond donors (Lipinski definition) is 1. The molecule has 31 heavy (non-hydrogen) atoms. The van der Waals surface area contributed by atoms with Crippen molar-refractivity contribution >= 4 is 31.6 Å². The maximum Gasteiger partial charge on any atom is 0.243 e. The maximum absolute atomic E-state index is 13.1. The van der Waals surface area contributed by atoms with Crippen molar-refractivity contribution in [1.29, 1.82) is 0 Å². The van der Waals surface area contributed by atoms with Gasteiger partial charge < -0.3 is 5.32 Å². The van der Waals surface area contributed by atoms with E-state index in [0.29, 0.717) is 16.8 Å². The summed E-state index contributed by atoms with van der Waals surface area (Å²) in [4.78, 5) is 12.9. The zero-order chi connectivity index (χ0) is 23.6. The molecule has 0 aliphatic rings. The number of nitrogens with zero attached hydrogens (tertiary/aromatic N) is 2. The fraction of sp³-hybridized carbons (Fsp3) is 0.381. The van der Waals surface area contributed by atoms with Crippen LogP contribution >= 0.6 is 0 Å². The summed E-state index contributed by atoms with van der Waals surface area (Å²) in [7, 11) is -4.70. The van der Waals surface area contributed by atoms with Crippen molar-refractivity contribution in [2.24, 2.45) is 0 Å². The van der Waals surface area contributed by atoms with E-state index in [9.17, 15) is 21.6 Å². The van der Waals surface area contributed by atoms with Gasteiger partial charge >= 0.3 is 0 Å². The van der Waals surface area contributed by atoms with E-state index in [2.05, 4.69) is 5.32 Å². The first-order chi connectivity index (χ1) is 14.3. The zero-order valence-corrected chi connectivity index (χ0v) is 20.3. The van der Waals surface area contributed by atoms with Gasteiger partial charge in [0.1, 0.15) is 0 Å². The molecule has 2 aromatic carbocycles. The number of likely N-dealkylation sites (N-methyl/N-ethyl adjacent to an activating group) is 1. The number of rotatable bonds is 8. The zero-order valence-electron chi connectivity index (χ0n) is 18.6. The Morgan fingerprint density at radius 1 is 0.903 bits per heavy atom. The molecule has 0 saturated heterocycles. The van der Waals surface area contributed by atoms with Gasteiger partial charge in [0.15, 0.2) is 0 Å². The largest absolute Gasteiger partial charge is 0.325 e. The number of anilines is 1. The van der Waals surface area contributed by atoms with Crippen LogP contribution in [0.3, 0.4) is 0 Å². The number of carbonyl (C=O) groups is 1. The molecule has 0 heterocycles. The first-order valence-corrected chi connectivity index (χ1v) is 12.6. The van der Waals surface area contributed by atoms with Gasteiger partial charge in [-0.15, -0.1) is 0 Å². The van der Waals surface area contributed by atoms with Gasteiger partial charge in [0.05, 0.1) is 16.3 Å². The Balaban J connectivity index is 2.29. The van der Waals surface area contributed by atoms with Gasteiger partial charge in [-0.25, -0.2) is 21.1 Å². The number of benzene rings is 2. The maximum atomic E-state index is 13.1. The Morgan fingerprint density at radius 3 is 2.10 bits per heavy atom. The summed E-state index contributed by atoms with van der Waals surface area (Å²) >= 11 is 0. The molecule has 8 nitrogen and oxygen atoms in total. The molecule has 1 amide bonds. The Hall–Kier alpha value is -2.27. The molecule has 0 fully saturated rings. The molecule has 0 aliphatic heterocycles. The lowest BCUT2D eigenvalue weighted by atomic mass is 10.2. The highest BCUT2D eigenvalue weighted by molar-refractivity contribution is 7.89. The standard InChI is InChI=1S/C21H29N3O5S2/c1-7-24(31(28,29)20-12-15(2)8-9-17(20)4)14-21(25)22-19-13-18(11-10-16(19)3)30(26,27)23(5)6/h8-13H,7,14H2,1-6H3,(H,22,25). The predicted octanol–water partition coefficient (Wildman–Crippen LogP) is 2.51. The SMILES string of the molecule is CCN(CC(=O)Nc1cc(S(=O)(=O)N(C)C)ccc1C)S(=O)(=O)c1cc(C)ccc1C. The van der Waals surface area contributed by atoms with Crippen LogP contribution in [0.15, 0.2) is 46.2 Å². The molecule has 0 aliphatic carbocycles. The van der Waals surface area contributed by atoms with E-state index in [1.165, 1.54) is 26.2 Å². The molecule has 0 aromatic heterocycles. The Bertz CT molecular complexity index is 1190. The fourth-order valence-corrected chi connectivity index (χ4v) is 5.59. The van der Waals surface area contributed by atoms with E-state index in [1.54, 1.807) is 45.9 Å². The van der Waals surface area contributed by atoms with E-state index in [1.807, 2.05) is 6.07 Å². The van der Waals surface area contributed by atoms with Crippen LogP contribution in [-0.2, 0) is 24.8 Å². The van der Waals surface area contributed by atoms with Crippen molar-refractivity contribution in [3.8, 4) is 0 Å². The van der Waals surface area contributed by atoms with Crippen LogP contribution in [0.2, 0.25) is 0 Å². The summed E-state index contributed by atoms with van der Waals surface area (Å²) in [5.41, 5.74) is 2.38. The topological polar surface area (TPSA) is 104 Å². The highest BCUT2D eigenvalue weighted by Crippen LogP contribution is 2.23. The molecule has 170 valence electrons. The van der Waals surface area contributed by atoms with Gasteiger partial charge in [-0.1, -0.05) is 25.1 Å². The molecule has 0 saturated carbocycles. The third-order valence-electron chi connectivity index (χ3n) is 4.90. The van der Waals surface area contributed by atoms with Gasteiger partial charge in [-0.05, 0) is 55.7 Å². The molecule has 0 spiro atoms. The lowest BCUT2D eigenvalue weighted by molar-refractivity contribution is -0.116. The van der Waals surface area contributed by atoms with Crippen LogP contribution < -0.4 is 5.32 Å². The molecule has 2 aromatic rings. The third-order valence-corrected chi connectivity index (χ3v) is 8.77. The lowest BCUT2D eigenvalue weighted by Gasteiger charge is -2.22. The van der Waals surface area contributed by atoms with E-state index < -0.39 is 32.5 Å². The number of amides is 1. The Morgan fingerprint density at radius 2 is 1.52 bits per heavy atom. The lowest BCUT2D eigenvalue weighted by Crippen LogP contribution is -2.38. The van der Waals surface area contributed by atoms with E-state index in [0.717, 1.165) is 14.2 Å². The molecule has 10 heteroatoms. The summed E-state index contributed by atoms with van der Waals surface area (Å²) in [6.07, 6.45) is 0. The molecule has 0 radical (unpaired) electrons. The number of carbonyl (C=O) groups excluding carboxylic acids is 1.